The van der Waals surface area contributed by atoms with Gasteiger partial charge in [0, 0.05) is 36.1 Å². The maximum Gasteiger partial charge on any atom is 0.347 e. The van der Waals surface area contributed by atoms with E-state index in [1.807, 2.05) is 6.08 Å². The number of nitrogens with zero attached hydrogens (tertiary/aromatic N) is 3. The largest absolute Gasteiger partial charge is 0.504 e. The lowest BCUT2D eigenvalue weighted by atomic mass is 9.68. The first-order valence-electron chi connectivity index (χ1n) is 10.8. The topological polar surface area (TPSA) is 113 Å². The van der Waals surface area contributed by atoms with Gasteiger partial charge in [-0.15, -0.1) is 0 Å². The lowest BCUT2D eigenvalue weighted by molar-refractivity contribution is -0.116. The van der Waals surface area contributed by atoms with Crippen molar-refractivity contribution in [2.24, 2.45) is 7.05 Å². The molecule has 1 aromatic heterocycles. The Bertz CT molecular complexity index is 1450. The average Bonchev–Trinajstić information content (AvgIpc) is 3.02. The van der Waals surface area contributed by atoms with Gasteiger partial charge in [0.15, 0.2) is 23.1 Å². The van der Waals surface area contributed by atoms with Gasteiger partial charge in [-0.3, -0.25) is 9.59 Å². The van der Waals surface area contributed by atoms with E-state index < -0.39 is 23.3 Å². The van der Waals surface area contributed by atoms with Crippen LogP contribution in [0.1, 0.15) is 37.8 Å². The van der Waals surface area contributed by atoms with Gasteiger partial charge in [-0.1, -0.05) is 12.1 Å². The van der Waals surface area contributed by atoms with Crippen molar-refractivity contribution in [1.29, 1.82) is 0 Å². The van der Waals surface area contributed by atoms with E-state index >= 15 is 0 Å². The van der Waals surface area contributed by atoms with Gasteiger partial charge in [0.2, 0.25) is 0 Å². The molecule has 9 heteroatoms. The molecule has 1 N–H and O–H groups in total. The number of aromatic nitrogens is 3. The van der Waals surface area contributed by atoms with E-state index in [1.165, 1.54) is 28.6 Å². The van der Waals surface area contributed by atoms with Gasteiger partial charge in [0.1, 0.15) is 0 Å². The molecule has 0 bridgehead atoms. The van der Waals surface area contributed by atoms with E-state index in [-0.39, 0.29) is 36.0 Å². The molecule has 2 aliphatic carbocycles. The Morgan fingerprint density at radius 3 is 2.64 bits per heavy atom. The molecule has 2 aromatic rings. The number of allylic oxidation sites excluding steroid dienone is 6. The molecule has 2 atom stereocenters. The van der Waals surface area contributed by atoms with Crippen LogP contribution in [0.25, 0.3) is 0 Å². The van der Waals surface area contributed by atoms with Gasteiger partial charge in [-0.05, 0) is 43.2 Å². The number of phenolic OH excluding ortho intramolecular Hbond substituents is 1. The van der Waals surface area contributed by atoms with Crippen LogP contribution in [0.4, 0.5) is 0 Å². The van der Waals surface area contributed by atoms with Crippen molar-refractivity contribution in [3.05, 3.63) is 79.2 Å². The molecule has 3 aliphatic rings. The molecular formula is C24H23N3O6. The maximum absolute atomic E-state index is 13.2. The van der Waals surface area contributed by atoms with E-state index in [0.717, 1.165) is 10.1 Å². The van der Waals surface area contributed by atoms with E-state index in [1.54, 1.807) is 26.0 Å². The molecular weight excluding hydrogens is 426 g/mol. The number of Topliss-reactive ketones (excluding diaryl/α,β-unsaturated/α-hetero) is 1. The Hall–Kier alpha value is -3.88. The zero-order chi connectivity index (χ0) is 23.6. The summed E-state index contributed by atoms with van der Waals surface area (Å²) in [4.78, 5) is 51.8. The van der Waals surface area contributed by atoms with Gasteiger partial charge in [0.25, 0.3) is 0 Å². The number of phenols is 1. The van der Waals surface area contributed by atoms with Crippen LogP contribution in [0, 0.1) is 0 Å². The van der Waals surface area contributed by atoms with Crippen LogP contribution >= 0.6 is 0 Å². The Morgan fingerprint density at radius 1 is 1.15 bits per heavy atom. The molecule has 0 amide bonds. The predicted octanol–water partition coefficient (Wildman–Crippen LogP) is 1.52. The molecule has 0 unspecified atom stereocenters. The number of ether oxygens (including phenoxy) is 1. The second-order valence-corrected chi connectivity index (χ2v) is 8.48. The Labute approximate surface area is 188 Å². The summed E-state index contributed by atoms with van der Waals surface area (Å²) >= 11 is 0. The molecule has 9 nitrogen and oxygen atoms in total. The minimum atomic E-state index is -0.615. The molecule has 0 radical (unpaired) electrons. The monoisotopic (exact) mass is 449 g/mol. The molecule has 0 saturated heterocycles. The molecule has 33 heavy (non-hydrogen) atoms. The van der Waals surface area contributed by atoms with Crippen LogP contribution in [-0.2, 0) is 23.2 Å². The van der Waals surface area contributed by atoms with Gasteiger partial charge >= 0.3 is 11.4 Å². The first kappa shape index (κ1) is 21.0. The van der Waals surface area contributed by atoms with Crippen molar-refractivity contribution in [3.8, 4) is 11.5 Å². The summed E-state index contributed by atoms with van der Waals surface area (Å²) in [7, 11) is 1.42. The Morgan fingerprint density at radius 2 is 1.91 bits per heavy atom. The van der Waals surface area contributed by atoms with Crippen LogP contribution in [0.2, 0.25) is 0 Å². The summed E-state index contributed by atoms with van der Waals surface area (Å²) in [5.41, 5.74) is 1.60. The second-order valence-electron chi connectivity index (χ2n) is 8.48. The summed E-state index contributed by atoms with van der Waals surface area (Å²) in [5.74, 6) is -0.863. The summed E-state index contributed by atoms with van der Waals surface area (Å²) in [6.07, 6.45) is 3.36. The quantitative estimate of drug-likeness (QED) is 0.562. The van der Waals surface area contributed by atoms with Crippen molar-refractivity contribution in [3.63, 3.8) is 0 Å². The first-order valence-corrected chi connectivity index (χ1v) is 10.8. The van der Waals surface area contributed by atoms with Gasteiger partial charge in [-0.2, -0.15) is 0 Å². The standard InChI is InChI=1S/C24H23N3O6/c1-4-33-19-10-13(5-6-17(19)28)20-14-7-8-26-23(31)25(3)24(32)27(26)16(14)11-15-21(20)18(29)9-12(2)22(15)30/h5-7,9-10,16,20,28H,4,8,11H2,1-3H3/t16-,20+/m1/s1. The first-order chi connectivity index (χ1) is 15.7. The van der Waals surface area contributed by atoms with Gasteiger partial charge in [-0.25, -0.2) is 23.5 Å². The van der Waals surface area contributed by atoms with Crippen LogP contribution in [0.3, 0.4) is 0 Å². The second kappa shape index (κ2) is 7.33. The zero-order valence-corrected chi connectivity index (χ0v) is 18.5. The lowest BCUT2D eigenvalue weighted by Crippen LogP contribution is -2.40. The number of carbonyl (C=O) groups is 2. The zero-order valence-electron chi connectivity index (χ0n) is 18.5. The minimum Gasteiger partial charge on any atom is -0.504 e. The van der Waals surface area contributed by atoms with Crippen LogP contribution in [0.15, 0.2) is 62.2 Å². The van der Waals surface area contributed by atoms with E-state index in [4.69, 9.17) is 4.74 Å². The molecule has 5 rings (SSSR count). The third-order valence-corrected chi connectivity index (χ3v) is 6.64. The molecule has 0 spiro atoms. The summed E-state index contributed by atoms with van der Waals surface area (Å²) in [6, 6.07) is 4.26. The highest BCUT2D eigenvalue weighted by Crippen LogP contribution is 2.50. The van der Waals surface area contributed by atoms with E-state index in [9.17, 15) is 24.3 Å². The third kappa shape index (κ3) is 2.92. The van der Waals surface area contributed by atoms with E-state index in [0.29, 0.717) is 28.9 Å². The molecule has 2 heterocycles. The summed E-state index contributed by atoms with van der Waals surface area (Å²) < 4.78 is 9.34. The number of aromatic hydroxyl groups is 1. The predicted molar refractivity (Wildman–Crippen MR) is 118 cm³/mol. The molecule has 170 valence electrons. The highest BCUT2D eigenvalue weighted by molar-refractivity contribution is 6.23. The Kier molecular flexibility index (Phi) is 4.66. The maximum atomic E-state index is 13.2. The fraction of sp³-hybridized carbons (Fsp3) is 0.333. The number of hydrogen-bond acceptors (Lipinski definition) is 6. The normalized spacial score (nSPS) is 21.8. The van der Waals surface area contributed by atoms with Crippen LogP contribution in [0.5, 0.6) is 11.5 Å². The number of rotatable bonds is 3. The van der Waals surface area contributed by atoms with Crippen molar-refractivity contribution in [2.45, 2.75) is 38.8 Å². The van der Waals surface area contributed by atoms with Crippen molar-refractivity contribution in [1.82, 2.24) is 13.9 Å². The third-order valence-electron chi connectivity index (χ3n) is 6.64. The molecule has 1 aromatic carbocycles. The minimum absolute atomic E-state index is 0.0327. The van der Waals surface area contributed by atoms with Crippen LogP contribution < -0.4 is 16.1 Å². The summed E-state index contributed by atoms with van der Waals surface area (Å²) in [5, 5.41) is 10.2. The highest BCUT2D eigenvalue weighted by atomic mass is 16.5. The Balaban J connectivity index is 1.77. The van der Waals surface area contributed by atoms with Gasteiger partial charge in [0.05, 0.1) is 19.2 Å². The average molecular weight is 449 g/mol. The number of hydrogen-bond donors (Lipinski definition) is 1. The smallest absolute Gasteiger partial charge is 0.347 e. The van der Waals surface area contributed by atoms with Crippen molar-refractivity contribution < 1.29 is 19.4 Å². The number of carbonyl (C=O) groups excluding carboxylic acids is 2. The van der Waals surface area contributed by atoms with Crippen molar-refractivity contribution in [2.75, 3.05) is 6.61 Å². The SMILES string of the molecule is CCOc1cc([C@H]2C3=CCn4c(=O)n(C)c(=O)n4[C@@H]3CC3=C2C(=O)C=C(C)C3=O)ccc1O. The number of ketones is 2. The van der Waals surface area contributed by atoms with Crippen molar-refractivity contribution >= 4 is 11.6 Å². The lowest BCUT2D eigenvalue weighted by Gasteiger charge is -2.39. The van der Waals surface area contributed by atoms with Gasteiger partial charge < -0.3 is 9.84 Å². The molecule has 1 aliphatic heterocycles. The number of fused-ring (bicyclic) bond motifs is 3. The number of benzene rings is 1. The van der Waals surface area contributed by atoms with E-state index in [2.05, 4.69) is 0 Å². The highest BCUT2D eigenvalue weighted by Gasteiger charge is 2.44. The molecule has 0 saturated carbocycles. The fourth-order valence-corrected chi connectivity index (χ4v) is 5.12. The summed E-state index contributed by atoms with van der Waals surface area (Å²) in [6.45, 7) is 3.91. The molecule has 0 fully saturated rings. The fourth-order valence-electron chi connectivity index (χ4n) is 5.12. The van der Waals surface area contributed by atoms with Crippen LogP contribution in [-0.4, -0.2) is 37.2 Å².